The van der Waals surface area contributed by atoms with Crippen LogP contribution in [0.4, 0.5) is 18.9 Å². The second kappa shape index (κ2) is 15.1. The van der Waals surface area contributed by atoms with Gasteiger partial charge in [0, 0.05) is 68.6 Å². The fourth-order valence-electron chi connectivity index (χ4n) is 7.85. The normalized spacial score (nSPS) is 23.7. The Bertz CT molecular complexity index is 1690. The quantitative estimate of drug-likeness (QED) is 0.304. The summed E-state index contributed by atoms with van der Waals surface area (Å²) in [4.78, 5) is 44.0. The zero-order valence-corrected chi connectivity index (χ0v) is 28.6. The third-order valence-corrected chi connectivity index (χ3v) is 10.6. The van der Waals surface area contributed by atoms with Gasteiger partial charge >= 0.3 is 12.1 Å². The number of nitrogens with zero attached hydrogens (tertiary/aromatic N) is 4. The van der Waals surface area contributed by atoms with Gasteiger partial charge in [0.15, 0.2) is 0 Å². The minimum atomic E-state index is -4.23. The number of carbonyl (C=O) groups is 3. The number of aliphatic carboxylic acids is 1. The average molecular weight is 698 g/mol. The highest BCUT2D eigenvalue weighted by molar-refractivity contribution is 6.13. The Morgan fingerprint density at radius 2 is 1.72 bits per heavy atom. The van der Waals surface area contributed by atoms with Crippen molar-refractivity contribution in [1.82, 2.24) is 19.3 Å². The summed E-state index contributed by atoms with van der Waals surface area (Å²) in [6.45, 7) is 3.42. The van der Waals surface area contributed by atoms with Crippen molar-refractivity contribution in [2.24, 2.45) is 13.0 Å². The van der Waals surface area contributed by atoms with Gasteiger partial charge in [0.2, 0.25) is 5.91 Å². The Morgan fingerprint density at radius 1 is 1.00 bits per heavy atom. The molecule has 2 N–H and O–H groups in total. The van der Waals surface area contributed by atoms with Gasteiger partial charge < -0.3 is 24.6 Å². The second-order valence-electron chi connectivity index (χ2n) is 14.1. The van der Waals surface area contributed by atoms with Crippen molar-refractivity contribution in [2.75, 3.05) is 51.2 Å². The SMILES string of the molecule is Cc1cc(CC(=O)N2C[C@@H](N3CCN(CC(F)(F)F)CC3)C[C@H]2COC2CCC(C(=O)O)CC2)ccc1NC(=O)c1cn(C)c2ccccc12. The number of carbonyl (C=O) groups excluding carboxylic acids is 2. The number of benzene rings is 2. The number of fused-ring (bicyclic) bond motifs is 1. The Labute approximate surface area is 290 Å². The smallest absolute Gasteiger partial charge is 0.401 e. The van der Waals surface area contributed by atoms with Crippen LogP contribution in [-0.4, -0.2) is 112 Å². The number of anilines is 1. The molecule has 2 aliphatic heterocycles. The van der Waals surface area contributed by atoms with Gasteiger partial charge in [0.25, 0.3) is 5.91 Å². The van der Waals surface area contributed by atoms with Gasteiger partial charge in [-0.25, -0.2) is 0 Å². The number of nitrogens with one attached hydrogen (secondary N) is 1. The van der Waals surface area contributed by atoms with Crippen LogP contribution in [0.5, 0.6) is 0 Å². The molecule has 270 valence electrons. The average Bonchev–Trinajstić information content (AvgIpc) is 3.66. The summed E-state index contributed by atoms with van der Waals surface area (Å²) < 4.78 is 47.1. The molecule has 1 saturated carbocycles. The molecule has 0 radical (unpaired) electrons. The van der Waals surface area contributed by atoms with Gasteiger partial charge in [-0.05, 0) is 62.3 Å². The number of aromatic nitrogens is 1. The third-order valence-electron chi connectivity index (χ3n) is 10.6. The zero-order chi connectivity index (χ0) is 35.6. The van der Waals surface area contributed by atoms with Gasteiger partial charge in [-0.3, -0.25) is 24.2 Å². The van der Waals surface area contributed by atoms with Crippen molar-refractivity contribution in [3.63, 3.8) is 0 Å². The molecular weight excluding hydrogens is 651 g/mol. The molecule has 1 aromatic heterocycles. The summed E-state index contributed by atoms with van der Waals surface area (Å²) in [5.74, 6) is -1.39. The van der Waals surface area contributed by atoms with E-state index in [1.807, 2.05) is 72.1 Å². The van der Waals surface area contributed by atoms with Crippen LogP contribution < -0.4 is 5.32 Å². The van der Waals surface area contributed by atoms with Crippen molar-refractivity contribution in [1.29, 1.82) is 0 Å². The maximum Gasteiger partial charge on any atom is 0.401 e. The summed E-state index contributed by atoms with van der Waals surface area (Å²) in [6, 6.07) is 13.1. The number of amides is 2. The van der Waals surface area contributed by atoms with Crippen LogP contribution in [0.15, 0.2) is 48.7 Å². The fourth-order valence-corrected chi connectivity index (χ4v) is 7.85. The number of carboxylic acid groups (broad SMARTS) is 1. The summed E-state index contributed by atoms with van der Waals surface area (Å²) >= 11 is 0. The van der Waals surface area contributed by atoms with E-state index >= 15 is 0 Å². The maximum atomic E-state index is 13.9. The van der Waals surface area contributed by atoms with Crippen molar-refractivity contribution in [3.05, 3.63) is 65.4 Å². The second-order valence-corrected chi connectivity index (χ2v) is 14.1. The van der Waals surface area contributed by atoms with Crippen molar-refractivity contribution in [3.8, 4) is 0 Å². The molecule has 3 aromatic rings. The number of halogens is 3. The molecule has 3 heterocycles. The summed E-state index contributed by atoms with van der Waals surface area (Å²) in [6.07, 6.45) is 0.783. The molecular formula is C37H46F3N5O5. The Balaban J connectivity index is 1.10. The molecule has 3 aliphatic rings. The molecule has 0 unspecified atom stereocenters. The fraction of sp³-hybridized carbons (Fsp3) is 0.541. The van der Waals surface area contributed by atoms with Crippen LogP contribution in [-0.2, 0) is 27.8 Å². The van der Waals surface area contributed by atoms with E-state index in [4.69, 9.17) is 4.74 Å². The molecule has 2 aromatic carbocycles. The first kappa shape index (κ1) is 35.9. The summed E-state index contributed by atoms with van der Waals surface area (Å²) in [5.41, 5.74) is 3.85. The van der Waals surface area contributed by atoms with Crippen molar-refractivity contribution < 1.29 is 37.4 Å². The molecule has 2 amide bonds. The lowest BCUT2D eigenvalue weighted by atomic mass is 9.87. The number of hydrogen-bond donors (Lipinski definition) is 2. The standard InChI is InChI=1S/C37H46F3N5O5/c1-24-17-25(7-12-32(24)41-35(47)31-21-42(2)33-6-4-3-5-30(31)33)18-34(46)45-20-27(44-15-13-43(14-16-44)23-37(38,39)40)19-28(45)22-50-29-10-8-26(9-11-29)36(48)49/h3-7,12,17,21,26-29H,8-11,13-16,18-20,22-23H2,1-2H3,(H,41,47)(H,48,49)/t26?,27-,28-,29?/m0/s1. The lowest BCUT2D eigenvalue weighted by Gasteiger charge is -2.38. The number of piperazine rings is 1. The molecule has 10 nitrogen and oxygen atoms in total. The number of para-hydroxylation sites is 1. The Morgan fingerprint density at radius 3 is 2.40 bits per heavy atom. The third kappa shape index (κ3) is 8.50. The van der Waals surface area contributed by atoms with Gasteiger partial charge in [0.1, 0.15) is 0 Å². The monoisotopic (exact) mass is 697 g/mol. The highest BCUT2D eigenvalue weighted by atomic mass is 19.4. The van der Waals surface area contributed by atoms with E-state index < -0.39 is 18.7 Å². The predicted octanol–water partition coefficient (Wildman–Crippen LogP) is 5.09. The van der Waals surface area contributed by atoms with Gasteiger partial charge in [-0.2, -0.15) is 13.2 Å². The molecule has 6 rings (SSSR count). The number of likely N-dealkylation sites (tertiary alicyclic amines) is 1. The highest BCUT2D eigenvalue weighted by Crippen LogP contribution is 2.30. The van der Waals surface area contributed by atoms with E-state index in [1.165, 1.54) is 4.90 Å². The van der Waals surface area contributed by atoms with Crippen LogP contribution in [0.2, 0.25) is 0 Å². The highest BCUT2D eigenvalue weighted by Gasteiger charge is 2.40. The van der Waals surface area contributed by atoms with E-state index in [0.717, 1.165) is 22.0 Å². The minimum Gasteiger partial charge on any atom is -0.481 e. The maximum absolute atomic E-state index is 13.9. The minimum absolute atomic E-state index is 0.0109. The number of ether oxygens (including phenoxy) is 1. The van der Waals surface area contributed by atoms with Crippen LogP contribution in [0.3, 0.4) is 0 Å². The molecule has 0 spiro atoms. The van der Waals surface area contributed by atoms with Gasteiger partial charge in [0.05, 0.1) is 43.2 Å². The van der Waals surface area contributed by atoms with E-state index in [1.54, 1.807) is 0 Å². The van der Waals surface area contributed by atoms with Crippen LogP contribution >= 0.6 is 0 Å². The number of carboxylic acids is 1. The molecule has 2 saturated heterocycles. The molecule has 3 fully saturated rings. The van der Waals surface area contributed by atoms with Crippen molar-refractivity contribution >= 4 is 34.4 Å². The predicted molar refractivity (Wildman–Crippen MR) is 183 cm³/mol. The molecule has 13 heteroatoms. The Hall–Kier alpha value is -3.94. The van der Waals surface area contributed by atoms with Crippen LogP contribution in [0.25, 0.3) is 10.9 Å². The first-order chi connectivity index (χ1) is 23.8. The van der Waals surface area contributed by atoms with E-state index in [2.05, 4.69) is 10.2 Å². The van der Waals surface area contributed by atoms with E-state index in [-0.39, 0.29) is 42.3 Å². The lowest BCUT2D eigenvalue weighted by molar-refractivity contribution is -0.150. The summed E-state index contributed by atoms with van der Waals surface area (Å²) in [7, 11) is 1.90. The molecule has 2 atom stereocenters. The lowest BCUT2D eigenvalue weighted by Crippen LogP contribution is -2.52. The molecule has 50 heavy (non-hydrogen) atoms. The number of aryl methyl sites for hydroxylation is 2. The van der Waals surface area contributed by atoms with Crippen LogP contribution in [0, 0.1) is 12.8 Å². The zero-order valence-electron chi connectivity index (χ0n) is 28.6. The van der Waals surface area contributed by atoms with E-state index in [0.29, 0.717) is 82.7 Å². The van der Waals surface area contributed by atoms with Crippen molar-refractivity contribution in [2.45, 2.75) is 69.8 Å². The number of rotatable bonds is 10. The van der Waals surface area contributed by atoms with Gasteiger partial charge in [-0.15, -0.1) is 0 Å². The molecule has 0 bridgehead atoms. The largest absolute Gasteiger partial charge is 0.481 e. The first-order valence-corrected chi connectivity index (χ1v) is 17.5. The topological polar surface area (TPSA) is 107 Å². The van der Waals surface area contributed by atoms with Crippen LogP contribution in [0.1, 0.15) is 53.6 Å². The number of alkyl halides is 3. The first-order valence-electron chi connectivity index (χ1n) is 17.5. The molecule has 1 aliphatic carbocycles. The Kier molecular flexibility index (Phi) is 10.8. The van der Waals surface area contributed by atoms with E-state index in [9.17, 15) is 32.7 Å². The van der Waals surface area contributed by atoms with Gasteiger partial charge in [-0.1, -0.05) is 30.3 Å². The number of hydrogen-bond acceptors (Lipinski definition) is 6. The summed E-state index contributed by atoms with van der Waals surface area (Å²) in [5, 5.41) is 13.2.